The van der Waals surface area contributed by atoms with Crippen LogP contribution in [-0.4, -0.2) is 20.3 Å². The van der Waals surface area contributed by atoms with Crippen molar-refractivity contribution in [3.63, 3.8) is 0 Å². The van der Waals surface area contributed by atoms with Crippen LogP contribution in [0.3, 0.4) is 0 Å². The molecule has 0 atom stereocenters. The van der Waals surface area contributed by atoms with Crippen molar-refractivity contribution in [3.05, 3.63) is 0 Å². The summed E-state index contributed by atoms with van der Waals surface area (Å²) in [5.41, 5.74) is 3.79. The molecule has 1 N–H and O–H groups in total. The fraction of sp³-hybridized carbons (Fsp3) is 1.00. The van der Waals surface area contributed by atoms with E-state index in [1.807, 2.05) is 11.4 Å². The van der Waals surface area contributed by atoms with Gasteiger partial charge in [-0.25, -0.2) is 0 Å². The summed E-state index contributed by atoms with van der Waals surface area (Å²) >= 11 is -1.15. The van der Waals surface area contributed by atoms with Crippen molar-refractivity contribution < 1.29 is 9.13 Å². The van der Waals surface area contributed by atoms with E-state index in [1.54, 1.807) is 0 Å². The molecule has 0 saturated heterocycles. The normalized spacial score (nSPS) is 9.60. The summed E-state index contributed by atoms with van der Waals surface area (Å²) in [6.45, 7) is 0. The van der Waals surface area contributed by atoms with Crippen LogP contribution in [0.25, 0.3) is 0 Å². The Morgan fingerprint density at radius 1 is 1.60 bits per heavy atom. The van der Waals surface area contributed by atoms with Gasteiger partial charge in [0.2, 0.25) is 0 Å². The van der Waals surface area contributed by atoms with Gasteiger partial charge < -0.3 is 0 Å². The Morgan fingerprint density at radius 3 is 1.80 bits per heavy atom. The monoisotopic (exact) mass is 138 g/mol. The van der Waals surface area contributed by atoms with Crippen molar-refractivity contribution in [1.29, 1.82) is 0 Å². The number of hydrogen-bond donors (Lipinski definition) is 1. The first-order valence-corrected chi connectivity index (χ1v) is 5.78. The van der Waals surface area contributed by atoms with Crippen molar-refractivity contribution in [1.82, 2.24) is 0 Å². The van der Waals surface area contributed by atoms with Gasteiger partial charge in [0, 0.05) is 0 Å². The predicted octanol–water partition coefficient (Wildman–Crippen LogP) is 0.727. The van der Waals surface area contributed by atoms with Gasteiger partial charge in [-0.05, 0) is 0 Å². The van der Waals surface area contributed by atoms with Crippen LogP contribution in [0.15, 0.2) is 0 Å². The second-order valence-corrected chi connectivity index (χ2v) is 4.65. The van der Waals surface area contributed by atoms with Crippen LogP contribution in [0.2, 0.25) is 11.4 Å². The second-order valence-electron chi connectivity index (χ2n) is 0.894. The molecular weight excluding hydrogens is 131 g/mol. The standard InChI is InChI=1S/C2H7AsO2/c1-3(2)5-4/h4H,1-2H3. The molecule has 0 amide bonds. The Balaban J connectivity index is 2.54. The summed E-state index contributed by atoms with van der Waals surface area (Å²) in [5, 5.41) is 7.71. The third-order valence-corrected chi connectivity index (χ3v) is 0.849. The molecule has 0 aromatic heterocycles. The molecule has 0 bridgehead atoms. The van der Waals surface area contributed by atoms with Crippen LogP contribution < -0.4 is 0 Å². The maximum absolute atomic E-state index is 7.71. The zero-order valence-corrected chi connectivity index (χ0v) is 5.18. The SMILES string of the molecule is C[As](C)OO. The summed E-state index contributed by atoms with van der Waals surface area (Å²) in [4.78, 5) is 0. The van der Waals surface area contributed by atoms with Gasteiger partial charge in [0.15, 0.2) is 0 Å². The van der Waals surface area contributed by atoms with Crippen LogP contribution in [0, 0.1) is 0 Å². The van der Waals surface area contributed by atoms with Gasteiger partial charge in [-0.15, -0.1) is 0 Å². The molecule has 0 aliphatic carbocycles. The van der Waals surface area contributed by atoms with Crippen LogP contribution >= 0.6 is 0 Å². The van der Waals surface area contributed by atoms with E-state index < -0.39 is 15.0 Å². The van der Waals surface area contributed by atoms with Gasteiger partial charge in [-0.2, -0.15) is 0 Å². The fourth-order valence-corrected chi connectivity index (χ4v) is 0. The van der Waals surface area contributed by atoms with Gasteiger partial charge in [0.25, 0.3) is 0 Å². The van der Waals surface area contributed by atoms with E-state index in [0.29, 0.717) is 0 Å². The maximum atomic E-state index is 7.71. The van der Waals surface area contributed by atoms with Crippen molar-refractivity contribution in [2.75, 3.05) is 0 Å². The van der Waals surface area contributed by atoms with E-state index in [2.05, 4.69) is 3.88 Å². The quantitative estimate of drug-likeness (QED) is 0.328. The second kappa shape index (κ2) is 2.70. The molecule has 0 spiro atoms. The first kappa shape index (κ1) is 5.48. The molecule has 0 aromatic rings. The van der Waals surface area contributed by atoms with Gasteiger partial charge in [-0.3, -0.25) is 0 Å². The van der Waals surface area contributed by atoms with Gasteiger partial charge >= 0.3 is 35.5 Å². The van der Waals surface area contributed by atoms with Crippen LogP contribution in [0.4, 0.5) is 0 Å². The van der Waals surface area contributed by atoms with Crippen molar-refractivity contribution in [2.45, 2.75) is 11.4 Å². The molecule has 0 rings (SSSR count). The predicted molar refractivity (Wildman–Crippen MR) is 21.2 cm³/mol. The molecule has 0 heterocycles. The van der Waals surface area contributed by atoms with Crippen LogP contribution in [0.1, 0.15) is 0 Å². The van der Waals surface area contributed by atoms with E-state index in [9.17, 15) is 0 Å². The van der Waals surface area contributed by atoms with E-state index in [-0.39, 0.29) is 0 Å². The van der Waals surface area contributed by atoms with Crippen LogP contribution in [-0.2, 0) is 3.88 Å². The average Bonchev–Trinajstić information content (AvgIpc) is 1.38. The van der Waals surface area contributed by atoms with Crippen molar-refractivity contribution >= 4 is 15.0 Å². The first-order valence-electron chi connectivity index (χ1n) is 1.26. The van der Waals surface area contributed by atoms with Gasteiger partial charge in [0.1, 0.15) is 0 Å². The average molecular weight is 138 g/mol. The molecule has 3 heteroatoms. The Labute approximate surface area is 36.3 Å². The minimum absolute atomic E-state index is 1.15. The third kappa shape index (κ3) is 4.48. The molecule has 0 aliphatic rings. The molecule has 0 aromatic carbocycles. The molecule has 2 nitrogen and oxygen atoms in total. The van der Waals surface area contributed by atoms with E-state index >= 15 is 0 Å². The molecule has 0 saturated carbocycles. The van der Waals surface area contributed by atoms with E-state index in [0.717, 1.165) is 0 Å². The molecule has 5 heavy (non-hydrogen) atoms. The molecule has 0 fully saturated rings. The fourth-order valence-electron chi connectivity index (χ4n) is 0. The molecule has 32 valence electrons. The topological polar surface area (TPSA) is 29.5 Å². The molecular formula is C2H7AsO2. The number of rotatable bonds is 1. The summed E-state index contributed by atoms with van der Waals surface area (Å²) in [5.74, 6) is 0. The molecule has 0 unspecified atom stereocenters. The van der Waals surface area contributed by atoms with Crippen molar-refractivity contribution in [3.8, 4) is 0 Å². The zero-order chi connectivity index (χ0) is 4.28. The Morgan fingerprint density at radius 2 is 1.80 bits per heavy atom. The summed E-state index contributed by atoms with van der Waals surface area (Å²) in [6.07, 6.45) is 0. The molecule has 0 radical (unpaired) electrons. The Kier molecular flexibility index (Phi) is 2.96. The Hall–Kier alpha value is 0.478. The van der Waals surface area contributed by atoms with E-state index in [1.165, 1.54) is 0 Å². The van der Waals surface area contributed by atoms with Crippen LogP contribution in [0.5, 0.6) is 0 Å². The van der Waals surface area contributed by atoms with Crippen molar-refractivity contribution in [2.24, 2.45) is 0 Å². The van der Waals surface area contributed by atoms with E-state index in [4.69, 9.17) is 5.26 Å². The summed E-state index contributed by atoms with van der Waals surface area (Å²) in [6, 6.07) is 0. The zero-order valence-electron chi connectivity index (χ0n) is 3.30. The summed E-state index contributed by atoms with van der Waals surface area (Å²) in [7, 11) is 0. The van der Waals surface area contributed by atoms with Gasteiger partial charge in [-0.1, -0.05) is 0 Å². The third-order valence-electron chi connectivity index (χ3n) is 0.163. The summed E-state index contributed by atoms with van der Waals surface area (Å²) < 4.78 is 3.90. The minimum atomic E-state index is -1.15. The van der Waals surface area contributed by atoms with Gasteiger partial charge in [0.05, 0.1) is 0 Å². The number of hydrogen-bond acceptors (Lipinski definition) is 2. The first-order chi connectivity index (χ1) is 2.27. The Bertz CT molecular complexity index is 21.6. The molecule has 0 aliphatic heterocycles.